The quantitative estimate of drug-likeness (QED) is 0.335. The van der Waals surface area contributed by atoms with Crippen LogP contribution in [-0.4, -0.2) is 31.2 Å². The molecule has 0 spiro atoms. The second kappa shape index (κ2) is 10.0. The normalized spacial score (nSPS) is 16.6. The van der Waals surface area contributed by atoms with Crippen molar-refractivity contribution >= 4 is 34.3 Å². The zero-order valence-electron chi connectivity index (χ0n) is 18.7. The van der Waals surface area contributed by atoms with E-state index in [2.05, 4.69) is 53.4 Å². The topological polar surface area (TPSA) is 3.24 Å². The summed E-state index contributed by atoms with van der Waals surface area (Å²) in [6, 6.07) is 23.6. The Bertz CT molecular complexity index is 1160. The molecule has 0 bridgehead atoms. The first-order valence-corrected chi connectivity index (χ1v) is 12.5. The van der Waals surface area contributed by atoms with Crippen molar-refractivity contribution in [3.05, 3.63) is 105 Å². The molecule has 1 aliphatic carbocycles. The smallest absolute Gasteiger partial charge is 0.0906 e. The number of likely N-dealkylation sites (tertiary alicyclic amines) is 1. The number of rotatable bonds is 7. The molecule has 0 saturated carbocycles. The second-order valence-electron chi connectivity index (χ2n) is 9.20. The van der Waals surface area contributed by atoms with Crippen LogP contribution in [0.5, 0.6) is 0 Å². The van der Waals surface area contributed by atoms with Gasteiger partial charge in [-0.2, -0.15) is 0 Å². The highest BCUT2D eigenvalue weighted by atomic mass is 35.5. The van der Waals surface area contributed by atoms with Crippen molar-refractivity contribution in [2.24, 2.45) is 5.92 Å². The van der Waals surface area contributed by atoms with Crippen molar-refractivity contribution in [3.63, 3.8) is 0 Å². The maximum atomic E-state index is 12.4. The molecule has 3 aromatic carbocycles. The monoisotopic (exact) mass is 479 g/mol. The van der Waals surface area contributed by atoms with Gasteiger partial charge in [-0.15, -0.1) is 0 Å². The molecule has 1 aliphatic heterocycles. The zero-order chi connectivity index (χ0) is 22.8. The van der Waals surface area contributed by atoms with Gasteiger partial charge in [-0.05, 0) is 82.7 Å². The Balaban J connectivity index is 1.44. The Labute approximate surface area is 205 Å². The van der Waals surface area contributed by atoms with Crippen LogP contribution in [0, 0.1) is 5.92 Å². The van der Waals surface area contributed by atoms with E-state index in [4.69, 9.17) is 23.2 Å². The van der Waals surface area contributed by atoms with Crippen LogP contribution in [0.1, 0.15) is 40.7 Å². The first-order valence-electron chi connectivity index (χ1n) is 11.8. The van der Waals surface area contributed by atoms with Crippen LogP contribution >= 0.6 is 23.2 Å². The van der Waals surface area contributed by atoms with Crippen molar-refractivity contribution < 1.29 is 4.39 Å². The van der Waals surface area contributed by atoms with Crippen molar-refractivity contribution in [1.29, 1.82) is 0 Å². The summed E-state index contributed by atoms with van der Waals surface area (Å²) < 4.78 is 12.4. The summed E-state index contributed by atoms with van der Waals surface area (Å²) >= 11 is 12.8. The molecule has 1 fully saturated rings. The van der Waals surface area contributed by atoms with Gasteiger partial charge in [-0.25, -0.2) is 0 Å². The van der Waals surface area contributed by atoms with E-state index < -0.39 is 0 Å². The molecule has 33 heavy (non-hydrogen) atoms. The summed E-state index contributed by atoms with van der Waals surface area (Å²) in [6.45, 7) is 2.83. The molecule has 1 nitrogen and oxygen atoms in total. The third-order valence-electron chi connectivity index (χ3n) is 6.90. The standard InChI is InChI=1S/C29H28Cl2FN/c30-24-11-13-26(28(31)17-24)27-12-10-22-4-1-2-5-25(22)29(27)23-8-6-20(7-9-23)16-21-18-33(19-21)15-3-14-32/h1-2,4-9,11,13,17,21H,3,10,12,14-16,18-19H2. The molecule has 1 heterocycles. The van der Waals surface area contributed by atoms with Crippen molar-refractivity contribution in [1.82, 2.24) is 4.90 Å². The minimum absolute atomic E-state index is 0.217. The Morgan fingerprint density at radius 2 is 1.67 bits per heavy atom. The third-order valence-corrected chi connectivity index (χ3v) is 7.44. The van der Waals surface area contributed by atoms with Gasteiger partial charge < -0.3 is 4.90 Å². The van der Waals surface area contributed by atoms with Gasteiger partial charge in [0, 0.05) is 29.7 Å². The largest absolute Gasteiger partial charge is 0.303 e. The molecule has 5 rings (SSSR count). The summed E-state index contributed by atoms with van der Waals surface area (Å²) in [7, 11) is 0. The van der Waals surface area contributed by atoms with Crippen molar-refractivity contribution in [3.8, 4) is 0 Å². The van der Waals surface area contributed by atoms with Gasteiger partial charge in [0.1, 0.15) is 0 Å². The zero-order valence-corrected chi connectivity index (χ0v) is 20.2. The average molecular weight is 480 g/mol. The Kier molecular flexibility index (Phi) is 6.87. The van der Waals surface area contributed by atoms with Crippen LogP contribution in [0.15, 0.2) is 66.7 Å². The fraction of sp³-hybridized carbons (Fsp3) is 0.310. The third kappa shape index (κ3) is 4.89. The molecule has 0 amide bonds. The van der Waals surface area contributed by atoms with Crippen molar-refractivity contribution in [2.75, 3.05) is 26.3 Å². The van der Waals surface area contributed by atoms with Gasteiger partial charge in [0.05, 0.1) is 6.67 Å². The van der Waals surface area contributed by atoms with Gasteiger partial charge in [0.2, 0.25) is 0 Å². The summed E-state index contributed by atoms with van der Waals surface area (Å²) in [5.74, 6) is 0.675. The number of benzene rings is 3. The molecule has 3 aromatic rings. The van der Waals surface area contributed by atoms with Gasteiger partial charge in [0.25, 0.3) is 0 Å². The molecule has 1 saturated heterocycles. The Hall–Kier alpha value is -2.13. The van der Waals surface area contributed by atoms with E-state index in [1.54, 1.807) is 0 Å². The van der Waals surface area contributed by atoms with Crippen LogP contribution in [0.25, 0.3) is 11.1 Å². The average Bonchev–Trinajstić information content (AvgIpc) is 2.80. The molecule has 170 valence electrons. The van der Waals surface area contributed by atoms with Gasteiger partial charge >= 0.3 is 0 Å². The predicted molar refractivity (Wildman–Crippen MR) is 138 cm³/mol. The fourth-order valence-corrected chi connectivity index (χ4v) is 5.80. The number of nitrogens with zero attached hydrogens (tertiary/aromatic N) is 1. The van der Waals surface area contributed by atoms with Gasteiger partial charge in [-0.1, -0.05) is 77.8 Å². The highest BCUT2D eigenvalue weighted by Crippen LogP contribution is 2.43. The first kappa shape index (κ1) is 22.7. The summed E-state index contributed by atoms with van der Waals surface area (Å²) in [6.07, 6.45) is 3.69. The lowest BCUT2D eigenvalue weighted by molar-refractivity contribution is 0.0968. The fourth-order valence-electron chi connectivity index (χ4n) is 5.28. The molecule has 0 aromatic heterocycles. The Morgan fingerprint density at radius 3 is 2.42 bits per heavy atom. The van der Waals surface area contributed by atoms with Crippen LogP contribution < -0.4 is 0 Å². The highest BCUT2D eigenvalue weighted by Gasteiger charge is 2.26. The van der Waals surface area contributed by atoms with E-state index in [1.165, 1.54) is 33.4 Å². The molecule has 0 atom stereocenters. The minimum Gasteiger partial charge on any atom is -0.303 e. The van der Waals surface area contributed by atoms with E-state index in [0.29, 0.717) is 22.4 Å². The molecular weight excluding hydrogens is 452 g/mol. The molecule has 4 heteroatoms. The molecule has 0 radical (unpaired) electrons. The SMILES string of the molecule is FCCCN1CC(Cc2ccc(C3=C(c4ccc(Cl)cc4Cl)CCc4ccccc43)cc2)C1. The van der Waals surface area contributed by atoms with E-state index >= 15 is 0 Å². The number of hydrogen-bond donors (Lipinski definition) is 0. The number of aryl methyl sites for hydroxylation is 1. The van der Waals surface area contributed by atoms with E-state index in [1.807, 2.05) is 18.2 Å². The summed E-state index contributed by atoms with van der Waals surface area (Å²) in [5.41, 5.74) is 8.89. The maximum Gasteiger partial charge on any atom is 0.0906 e. The van der Waals surface area contributed by atoms with E-state index in [0.717, 1.165) is 44.5 Å². The van der Waals surface area contributed by atoms with Gasteiger partial charge in [0.15, 0.2) is 0 Å². The van der Waals surface area contributed by atoms with E-state index in [9.17, 15) is 4.39 Å². The van der Waals surface area contributed by atoms with Crippen LogP contribution in [0.2, 0.25) is 10.0 Å². The lowest BCUT2D eigenvalue weighted by Crippen LogP contribution is -2.47. The number of halogens is 3. The molecule has 0 N–H and O–H groups in total. The minimum atomic E-state index is -0.217. The lowest BCUT2D eigenvalue weighted by Gasteiger charge is -2.39. The van der Waals surface area contributed by atoms with Gasteiger partial charge in [-0.3, -0.25) is 4.39 Å². The molecule has 0 unspecified atom stereocenters. The number of allylic oxidation sites excluding steroid dienone is 1. The maximum absolute atomic E-state index is 12.4. The van der Waals surface area contributed by atoms with E-state index in [-0.39, 0.29) is 6.67 Å². The first-order chi connectivity index (χ1) is 16.1. The predicted octanol–water partition coefficient (Wildman–Crippen LogP) is 7.73. The van der Waals surface area contributed by atoms with Crippen LogP contribution in [0.3, 0.4) is 0 Å². The lowest BCUT2D eigenvalue weighted by atomic mass is 9.79. The molecule has 2 aliphatic rings. The number of fused-ring (bicyclic) bond motifs is 1. The summed E-state index contributed by atoms with van der Waals surface area (Å²) in [4.78, 5) is 2.35. The Morgan fingerprint density at radius 1 is 0.879 bits per heavy atom. The number of hydrogen-bond acceptors (Lipinski definition) is 1. The summed E-state index contributed by atoms with van der Waals surface area (Å²) in [5, 5.41) is 1.36. The number of alkyl halides is 1. The van der Waals surface area contributed by atoms with Crippen molar-refractivity contribution in [2.45, 2.75) is 25.7 Å². The van der Waals surface area contributed by atoms with Crippen LogP contribution in [-0.2, 0) is 12.8 Å². The molecular formula is C29H28Cl2FN. The highest BCUT2D eigenvalue weighted by molar-refractivity contribution is 6.36. The van der Waals surface area contributed by atoms with Crippen LogP contribution in [0.4, 0.5) is 4.39 Å². The second-order valence-corrected chi connectivity index (χ2v) is 10.0.